The van der Waals surface area contributed by atoms with Crippen LogP contribution >= 0.6 is 11.8 Å². The van der Waals surface area contributed by atoms with E-state index in [1.54, 1.807) is 14.1 Å². The second-order valence-electron chi connectivity index (χ2n) is 6.53. The highest BCUT2D eigenvalue weighted by Crippen LogP contribution is 2.23. The standard InChI is InChI=1S/C20H21N3O3S/c1-22(2)20(26)27-16-10-6-9-15(11-16)13-23-18(24)17(21-19(23)25)12-14-7-4-3-5-8-14/h3-11,17H,12-13H2,1-2H3,(H,21,25)/t17-/m1/s1. The van der Waals surface area contributed by atoms with Gasteiger partial charge >= 0.3 is 6.03 Å². The average molecular weight is 383 g/mol. The first-order chi connectivity index (χ1) is 12.9. The van der Waals surface area contributed by atoms with Gasteiger partial charge in [0.05, 0.1) is 6.54 Å². The Labute approximate surface area is 162 Å². The monoisotopic (exact) mass is 383 g/mol. The third kappa shape index (κ3) is 4.68. The van der Waals surface area contributed by atoms with Crippen LogP contribution in [0.15, 0.2) is 59.5 Å². The second kappa shape index (κ2) is 8.26. The Hall–Kier alpha value is -2.80. The Morgan fingerprint density at radius 1 is 1.07 bits per heavy atom. The summed E-state index contributed by atoms with van der Waals surface area (Å²) >= 11 is 1.11. The number of hydrogen-bond acceptors (Lipinski definition) is 4. The lowest BCUT2D eigenvalue weighted by molar-refractivity contribution is -0.127. The molecule has 7 heteroatoms. The van der Waals surface area contributed by atoms with Crippen LogP contribution in [0, 0.1) is 0 Å². The first-order valence-corrected chi connectivity index (χ1v) is 9.39. The van der Waals surface area contributed by atoms with Gasteiger partial charge in [0.1, 0.15) is 6.04 Å². The molecule has 0 radical (unpaired) electrons. The summed E-state index contributed by atoms with van der Waals surface area (Å²) in [6.07, 6.45) is 0.467. The van der Waals surface area contributed by atoms with E-state index in [-0.39, 0.29) is 23.7 Å². The number of imide groups is 1. The fourth-order valence-corrected chi connectivity index (χ4v) is 3.54. The first kappa shape index (κ1) is 19.0. The number of hydrogen-bond donors (Lipinski definition) is 1. The smallest absolute Gasteiger partial charge is 0.325 e. The summed E-state index contributed by atoms with van der Waals surface area (Å²) in [6.45, 7) is 0.181. The zero-order chi connectivity index (χ0) is 19.4. The molecule has 6 nitrogen and oxygen atoms in total. The van der Waals surface area contributed by atoms with E-state index in [0.29, 0.717) is 6.42 Å². The van der Waals surface area contributed by atoms with Crippen molar-refractivity contribution in [1.29, 1.82) is 0 Å². The maximum absolute atomic E-state index is 12.7. The Morgan fingerprint density at radius 2 is 1.78 bits per heavy atom. The lowest BCUT2D eigenvalue weighted by atomic mass is 10.1. The molecule has 140 valence electrons. The number of carbonyl (C=O) groups excluding carboxylic acids is 3. The zero-order valence-corrected chi connectivity index (χ0v) is 16.0. The number of nitrogens with zero attached hydrogens (tertiary/aromatic N) is 2. The van der Waals surface area contributed by atoms with Crippen LogP contribution in [-0.2, 0) is 17.8 Å². The van der Waals surface area contributed by atoms with Gasteiger partial charge in [0, 0.05) is 25.4 Å². The third-order valence-corrected chi connectivity index (χ3v) is 5.23. The summed E-state index contributed by atoms with van der Waals surface area (Å²) in [5.41, 5.74) is 1.80. The minimum absolute atomic E-state index is 0.0786. The van der Waals surface area contributed by atoms with Crippen LogP contribution in [-0.4, -0.2) is 47.1 Å². The lowest BCUT2D eigenvalue weighted by Crippen LogP contribution is -2.32. The number of nitrogens with one attached hydrogen (secondary N) is 1. The van der Waals surface area contributed by atoms with Gasteiger partial charge in [-0.1, -0.05) is 42.5 Å². The molecule has 0 aliphatic carbocycles. The highest BCUT2D eigenvalue weighted by atomic mass is 32.2. The van der Waals surface area contributed by atoms with Crippen molar-refractivity contribution >= 4 is 28.9 Å². The Balaban J connectivity index is 1.67. The largest absolute Gasteiger partial charge is 0.339 e. The van der Waals surface area contributed by atoms with E-state index >= 15 is 0 Å². The molecule has 0 aromatic heterocycles. The molecule has 2 aromatic carbocycles. The molecule has 0 spiro atoms. The highest BCUT2D eigenvalue weighted by Gasteiger charge is 2.37. The van der Waals surface area contributed by atoms with Crippen molar-refractivity contribution in [3.05, 3.63) is 65.7 Å². The number of rotatable bonds is 5. The third-order valence-electron chi connectivity index (χ3n) is 4.20. The van der Waals surface area contributed by atoms with Crippen molar-refractivity contribution in [1.82, 2.24) is 15.1 Å². The summed E-state index contributed by atoms with van der Waals surface area (Å²) in [7, 11) is 3.39. The molecule has 2 aromatic rings. The summed E-state index contributed by atoms with van der Waals surface area (Å²) in [5.74, 6) is -0.230. The van der Waals surface area contributed by atoms with Crippen LogP contribution in [0.1, 0.15) is 11.1 Å². The Morgan fingerprint density at radius 3 is 2.48 bits per heavy atom. The molecule has 1 atom stereocenters. The SMILES string of the molecule is CN(C)C(=O)Sc1cccc(CN2C(=O)N[C@H](Cc3ccccc3)C2=O)c1. The predicted octanol–water partition coefficient (Wildman–Crippen LogP) is 3.12. The fraction of sp³-hybridized carbons (Fsp3) is 0.250. The van der Waals surface area contributed by atoms with Gasteiger partial charge in [-0.25, -0.2) is 4.79 Å². The van der Waals surface area contributed by atoms with Crippen LogP contribution < -0.4 is 5.32 Å². The van der Waals surface area contributed by atoms with Crippen molar-refractivity contribution in [2.75, 3.05) is 14.1 Å². The number of carbonyl (C=O) groups is 3. The van der Waals surface area contributed by atoms with Crippen molar-refractivity contribution in [2.45, 2.75) is 23.9 Å². The van der Waals surface area contributed by atoms with E-state index in [1.165, 1.54) is 9.80 Å². The molecular weight excluding hydrogens is 362 g/mol. The number of amides is 4. The molecule has 27 heavy (non-hydrogen) atoms. The maximum atomic E-state index is 12.7. The molecule has 1 N–H and O–H groups in total. The number of benzene rings is 2. The minimum Gasteiger partial charge on any atom is -0.339 e. The van der Waals surface area contributed by atoms with Gasteiger partial charge in [0.2, 0.25) is 0 Å². The fourth-order valence-electron chi connectivity index (χ4n) is 2.80. The lowest BCUT2D eigenvalue weighted by Gasteiger charge is -2.14. The topological polar surface area (TPSA) is 69.7 Å². The summed E-state index contributed by atoms with van der Waals surface area (Å²) in [6, 6.07) is 16.0. The van der Waals surface area contributed by atoms with Gasteiger partial charge in [-0.15, -0.1) is 0 Å². The van der Waals surface area contributed by atoms with Crippen LogP contribution in [0.25, 0.3) is 0 Å². The Kier molecular flexibility index (Phi) is 5.81. The van der Waals surface area contributed by atoms with Crippen LogP contribution in [0.5, 0.6) is 0 Å². The summed E-state index contributed by atoms with van der Waals surface area (Å²) < 4.78 is 0. The van der Waals surface area contributed by atoms with E-state index in [9.17, 15) is 14.4 Å². The van der Waals surface area contributed by atoms with Gasteiger partial charge in [-0.05, 0) is 35.0 Å². The molecule has 0 unspecified atom stereocenters. The minimum atomic E-state index is -0.548. The van der Waals surface area contributed by atoms with Crippen molar-refractivity contribution in [3.8, 4) is 0 Å². The predicted molar refractivity (Wildman–Crippen MR) is 104 cm³/mol. The average Bonchev–Trinajstić information content (AvgIpc) is 2.90. The zero-order valence-electron chi connectivity index (χ0n) is 15.2. The maximum Gasteiger partial charge on any atom is 0.325 e. The normalized spacial score (nSPS) is 16.4. The first-order valence-electron chi connectivity index (χ1n) is 8.58. The quantitative estimate of drug-likeness (QED) is 0.636. The molecule has 1 heterocycles. The molecular formula is C20H21N3O3S. The van der Waals surface area contributed by atoms with Crippen LogP contribution in [0.2, 0.25) is 0 Å². The molecule has 1 aliphatic rings. The van der Waals surface area contributed by atoms with Crippen molar-refractivity contribution in [3.63, 3.8) is 0 Å². The summed E-state index contributed by atoms with van der Waals surface area (Å²) in [5, 5.41) is 2.68. The molecule has 1 aliphatic heterocycles. The molecule has 4 amide bonds. The number of urea groups is 1. The van der Waals surface area contributed by atoms with E-state index in [0.717, 1.165) is 27.8 Å². The van der Waals surface area contributed by atoms with E-state index in [1.807, 2.05) is 54.6 Å². The van der Waals surface area contributed by atoms with Gasteiger partial charge < -0.3 is 10.2 Å². The van der Waals surface area contributed by atoms with Gasteiger partial charge in [0.15, 0.2) is 0 Å². The molecule has 1 fully saturated rings. The molecule has 1 saturated heterocycles. The van der Waals surface area contributed by atoms with Crippen LogP contribution in [0.3, 0.4) is 0 Å². The van der Waals surface area contributed by atoms with Gasteiger partial charge in [0.25, 0.3) is 11.1 Å². The van der Waals surface area contributed by atoms with Crippen molar-refractivity contribution < 1.29 is 14.4 Å². The van der Waals surface area contributed by atoms with Gasteiger partial charge in [-0.2, -0.15) is 0 Å². The molecule has 0 saturated carbocycles. The summed E-state index contributed by atoms with van der Waals surface area (Å²) in [4.78, 5) is 40.3. The molecule has 0 bridgehead atoms. The molecule has 3 rings (SSSR count). The van der Waals surface area contributed by atoms with E-state index in [2.05, 4.69) is 5.32 Å². The van der Waals surface area contributed by atoms with Crippen LogP contribution in [0.4, 0.5) is 9.59 Å². The van der Waals surface area contributed by atoms with E-state index in [4.69, 9.17) is 0 Å². The second-order valence-corrected chi connectivity index (χ2v) is 7.55. The van der Waals surface area contributed by atoms with Gasteiger partial charge in [-0.3, -0.25) is 14.5 Å². The van der Waals surface area contributed by atoms with Crippen molar-refractivity contribution in [2.24, 2.45) is 0 Å². The highest BCUT2D eigenvalue weighted by molar-refractivity contribution is 8.13. The van der Waals surface area contributed by atoms with E-state index < -0.39 is 6.04 Å². The number of thioether (sulfide) groups is 1. The Bertz CT molecular complexity index is 855.